The lowest BCUT2D eigenvalue weighted by atomic mass is 10.00. The maximum absolute atomic E-state index is 12.7. The molecule has 5 heteroatoms. The van der Waals surface area contributed by atoms with Gasteiger partial charge >= 0.3 is 0 Å². The van der Waals surface area contributed by atoms with Crippen molar-refractivity contribution in [1.29, 1.82) is 0 Å². The van der Waals surface area contributed by atoms with Crippen molar-refractivity contribution in [3.05, 3.63) is 35.9 Å². The van der Waals surface area contributed by atoms with Crippen molar-refractivity contribution in [3.63, 3.8) is 0 Å². The highest BCUT2D eigenvalue weighted by Gasteiger charge is 2.31. The molecule has 5 nitrogen and oxygen atoms in total. The molecule has 1 saturated heterocycles. The van der Waals surface area contributed by atoms with Crippen LogP contribution >= 0.6 is 0 Å². The van der Waals surface area contributed by atoms with E-state index >= 15 is 0 Å². The van der Waals surface area contributed by atoms with Gasteiger partial charge in [-0.1, -0.05) is 37.3 Å². The maximum atomic E-state index is 12.7. The Labute approximate surface area is 125 Å². The van der Waals surface area contributed by atoms with E-state index in [-0.39, 0.29) is 23.8 Å². The Balaban J connectivity index is 2.26. The highest BCUT2D eigenvalue weighted by atomic mass is 16.2. The first-order valence-corrected chi connectivity index (χ1v) is 7.40. The molecule has 0 saturated carbocycles. The Bertz CT molecular complexity index is 490. The van der Waals surface area contributed by atoms with Crippen LogP contribution in [-0.4, -0.2) is 43.4 Å². The predicted octanol–water partition coefficient (Wildman–Crippen LogP) is 0.932. The summed E-state index contributed by atoms with van der Waals surface area (Å²) in [6.07, 6.45) is 0.321. The largest absolute Gasteiger partial charge is 0.354 e. The van der Waals surface area contributed by atoms with Gasteiger partial charge in [-0.3, -0.25) is 9.59 Å². The van der Waals surface area contributed by atoms with Crippen LogP contribution in [0.5, 0.6) is 0 Å². The minimum atomic E-state index is -0.180. The van der Waals surface area contributed by atoms with E-state index < -0.39 is 0 Å². The lowest BCUT2D eigenvalue weighted by Crippen LogP contribution is -2.42. The fourth-order valence-electron chi connectivity index (χ4n) is 2.74. The third-order valence-electron chi connectivity index (χ3n) is 3.83. The van der Waals surface area contributed by atoms with Crippen LogP contribution in [0.1, 0.15) is 24.9 Å². The minimum Gasteiger partial charge on any atom is -0.354 e. The van der Waals surface area contributed by atoms with Gasteiger partial charge in [0.25, 0.3) is 0 Å². The van der Waals surface area contributed by atoms with E-state index in [2.05, 4.69) is 10.6 Å². The molecule has 114 valence electrons. The number of carbonyl (C=O) groups is 2. The van der Waals surface area contributed by atoms with Crippen LogP contribution in [0.25, 0.3) is 0 Å². The third-order valence-corrected chi connectivity index (χ3v) is 3.83. The lowest BCUT2D eigenvalue weighted by molar-refractivity contribution is -0.137. The number of nitrogens with one attached hydrogen (secondary N) is 2. The summed E-state index contributed by atoms with van der Waals surface area (Å²) < 4.78 is 0. The van der Waals surface area contributed by atoms with E-state index in [1.165, 1.54) is 0 Å². The zero-order valence-corrected chi connectivity index (χ0v) is 12.6. The summed E-state index contributed by atoms with van der Waals surface area (Å²) in [4.78, 5) is 26.4. The van der Waals surface area contributed by atoms with Crippen molar-refractivity contribution >= 4 is 11.8 Å². The fraction of sp³-hybridized carbons (Fsp3) is 0.500. The number of hydrogen-bond donors (Lipinski definition) is 2. The van der Waals surface area contributed by atoms with Crippen LogP contribution in [-0.2, 0) is 9.59 Å². The summed E-state index contributed by atoms with van der Waals surface area (Å²) >= 11 is 0. The summed E-state index contributed by atoms with van der Waals surface area (Å²) in [6, 6.07) is 9.60. The maximum Gasteiger partial charge on any atom is 0.227 e. The molecule has 0 aromatic heterocycles. The first kappa shape index (κ1) is 15.5. The number of nitrogens with zero attached hydrogens (tertiary/aromatic N) is 1. The van der Waals surface area contributed by atoms with Crippen molar-refractivity contribution in [2.45, 2.75) is 19.4 Å². The minimum absolute atomic E-state index is 0.000391. The molecule has 1 aliphatic heterocycles. The molecule has 0 radical (unpaired) electrons. The molecular weight excluding hydrogens is 266 g/mol. The van der Waals surface area contributed by atoms with Gasteiger partial charge in [-0.2, -0.15) is 0 Å². The fourth-order valence-corrected chi connectivity index (χ4v) is 2.74. The monoisotopic (exact) mass is 289 g/mol. The van der Waals surface area contributed by atoms with Gasteiger partial charge in [0.2, 0.25) is 11.8 Å². The SMILES string of the molecule is CNCC(C)C(=O)N1CCNC(=O)CC1c1ccccc1. The van der Waals surface area contributed by atoms with E-state index in [9.17, 15) is 9.59 Å². The Kier molecular flexibility index (Phi) is 5.33. The summed E-state index contributed by atoms with van der Waals surface area (Å²) in [5.41, 5.74) is 1.01. The molecule has 1 aromatic rings. The third kappa shape index (κ3) is 3.82. The highest BCUT2D eigenvalue weighted by molar-refractivity contribution is 5.82. The molecule has 1 aliphatic rings. The average molecular weight is 289 g/mol. The van der Waals surface area contributed by atoms with Crippen molar-refractivity contribution < 1.29 is 9.59 Å². The molecule has 0 aliphatic carbocycles. The smallest absolute Gasteiger partial charge is 0.227 e. The molecule has 2 N–H and O–H groups in total. The first-order valence-electron chi connectivity index (χ1n) is 7.40. The van der Waals surface area contributed by atoms with Crippen LogP contribution < -0.4 is 10.6 Å². The van der Waals surface area contributed by atoms with Crippen LogP contribution in [0.3, 0.4) is 0 Å². The predicted molar refractivity (Wildman–Crippen MR) is 81.6 cm³/mol. The molecule has 0 bridgehead atoms. The topological polar surface area (TPSA) is 61.4 Å². The summed E-state index contributed by atoms with van der Waals surface area (Å²) in [5, 5.41) is 5.89. The van der Waals surface area contributed by atoms with Gasteiger partial charge in [0.05, 0.1) is 12.5 Å². The number of benzene rings is 1. The lowest BCUT2D eigenvalue weighted by Gasteiger charge is -2.31. The van der Waals surface area contributed by atoms with Crippen molar-refractivity contribution in [3.8, 4) is 0 Å². The molecule has 1 fully saturated rings. The second-order valence-corrected chi connectivity index (χ2v) is 5.47. The molecule has 1 heterocycles. The van der Waals surface area contributed by atoms with E-state index in [0.29, 0.717) is 26.1 Å². The molecule has 2 amide bonds. The van der Waals surface area contributed by atoms with E-state index in [1.807, 2.05) is 49.2 Å². The van der Waals surface area contributed by atoms with Crippen molar-refractivity contribution in [2.24, 2.45) is 5.92 Å². The van der Waals surface area contributed by atoms with E-state index in [0.717, 1.165) is 5.56 Å². The van der Waals surface area contributed by atoms with Crippen LogP contribution in [0.2, 0.25) is 0 Å². The average Bonchev–Trinajstić information content (AvgIpc) is 2.69. The normalized spacial score (nSPS) is 20.6. The van der Waals surface area contributed by atoms with Gasteiger partial charge in [0, 0.05) is 25.6 Å². The zero-order valence-electron chi connectivity index (χ0n) is 12.6. The van der Waals surface area contributed by atoms with Crippen molar-refractivity contribution in [2.75, 3.05) is 26.7 Å². The molecular formula is C16H23N3O2. The second kappa shape index (κ2) is 7.22. The van der Waals surface area contributed by atoms with Crippen LogP contribution in [0, 0.1) is 5.92 Å². The van der Waals surface area contributed by atoms with E-state index in [1.54, 1.807) is 0 Å². The molecule has 2 rings (SSSR count). The van der Waals surface area contributed by atoms with Gasteiger partial charge in [0.1, 0.15) is 0 Å². The van der Waals surface area contributed by atoms with Gasteiger partial charge in [-0.15, -0.1) is 0 Å². The van der Waals surface area contributed by atoms with Gasteiger partial charge in [-0.25, -0.2) is 0 Å². The molecule has 1 aromatic carbocycles. The Morgan fingerprint density at radius 2 is 2.14 bits per heavy atom. The summed E-state index contributed by atoms with van der Waals surface area (Å²) in [5.74, 6) is -0.00969. The standard InChI is InChI=1S/C16H23N3O2/c1-12(11-17-2)16(21)19-9-8-18-15(20)10-14(19)13-6-4-3-5-7-13/h3-7,12,14,17H,8-11H2,1-2H3,(H,18,20). The Hall–Kier alpha value is -1.88. The quantitative estimate of drug-likeness (QED) is 0.867. The van der Waals surface area contributed by atoms with Gasteiger partial charge in [0.15, 0.2) is 0 Å². The number of carbonyl (C=O) groups excluding carboxylic acids is 2. The van der Waals surface area contributed by atoms with Crippen molar-refractivity contribution in [1.82, 2.24) is 15.5 Å². The van der Waals surface area contributed by atoms with E-state index in [4.69, 9.17) is 0 Å². The second-order valence-electron chi connectivity index (χ2n) is 5.47. The Morgan fingerprint density at radius 1 is 1.43 bits per heavy atom. The number of amides is 2. The summed E-state index contributed by atoms with van der Waals surface area (Å²) in [6.45, 7) is 3.62. The van der Waals surface area contributed by atoms with Crippen LogP contribution in [0.4, 0.5) is 0 Å². The number of hydrogen-bond acceptors (Lipinski definition) is 3. The molecule has 2 atom stereocenters. The highest BCUT2D eigenvalue weighted by Crippen LogP contribution is 2.27. The molecule has 0 spiro atoms. The first-order chi connectivity index (χ1) is 10.1. The Morgan fingerprint density at radius 3 is 2.81 bits per heavy atom. The molecule has 2 unspecified atom stereocenters. The summed E-state index contributed by atoms with van der Waals surface area (Å²) in [7, 11) is 1.84. The zero-order chi connectivity index (χ0) is 15.2. The number of rotatable bonds is 4. The molecule has 21 heavy (non-hydrogen) atoms. The van der Waals surface area contributed by atoms with Crippen LogP contribution in [0.15, 0.2) is 30.3 Å². The van der Waals surface area contributed by atoms with Gasteiger partial charge < -0.3 is 15.5 Å². The van der Waals surface area contributed by atoms with Gasteiger partial charge in [-0.05, 0) is 12.6 Å².